The average Bonchev–Trinajstić information content (AvgIpc) is 2.34. The second-order valence-corrected chi connectivity index (χ2v) is 7.87. The zero-order valence-electron chi connectivity index (χ0n) is 11.2. The van der Waals surface area contributed by atoms with E-state index in [2.05, 4.69) is 0 Å². The predicted octanol–water partition coefficient (Wildman–Crippen LogP) is 3.17. The van der Waals surface area contributed by atoms with Gasteiger partial charge in [0, 0.05) is 26.9 Å². The van der Waals surface area contributed by atoms with Gasteiger partial charge in [0.15, 0.2) is 0 Å². The van der Waals surface area contributed by atoms with E-state index in [1.54, 1.807) is 21.3 Å². The van der Waals surface area contributed by atoms with Gasteiger partial charge in [0.05, 0.1) is 6.67 Å². The number of rotatable bonds is 9. The fourth-order valence-corrected chi connectivity index (χ4v) is 5.60. The smallest absolute Gasteiger partial charge is 0.377 e. The van der Waals surface area contributed by atoms with E-state index in [1.807, 2.05) is 0 Å². The van der Waals surface area contributed by atoms with Crippen LogP contribution in [0.3, 0.4) is 0 Å². The van der Waals surface area contributed by atoms with Gasteiger partial charge >= 0.3 is 8.80 Å². The van der Waals surface area contributed by atoms with Crippen LogP contribution in [0.2, 0.25) is 5.54 Å². The first-order valence-corrected chi connectivity index (χ1v) is 8.25. The highest BCUT2D eigenvalue weighted by molar-refractivity contribution is 6.62. The first-order chi connectivity index (χ1) is 8.24. The lowest BCUT2D eigenvalue weighted by Crippen LogP contribution is -2.53. The van der Waals surface area contributed by atoms with Crippen LogP contribution in [0.1, 0.15) is 38.5 Å². The largest absolute Gasteiger partial charge is 0.503 e. The van der Waals surface area contributed by atoms with Gasteiger partial charge in [-0.15, -0.1) is 0 Å². The van der Waals surface area contributed by atoms with E-state index in [0.29, 0.717) is 17.9 Å². The minimum Gasteiger partial charge on any atom is -0.377 e. The van der Waals surface area contributed by atoms with Crippen LogP contribution in [0, 0.1) is 5.92 Å². The van der Waals surface area contributed by atoms with Gasteiger partial charge in [-0.05, 0) is 25.2 Å². The summed E-state index contributed by atoms with van der Waals surface area (Å²) in [7, 11) is 2.60. The molecule has 1 saturated carbocycles. The molecule has 102 valence electrons. The highest BCUT2D eigenvalue weighted by Gasteiger charge is 2.54. The fourth-order valence-electron chi connectivity index (χ4n) is 2.76. The Morgan fingerprint density at radius 1 is 1.00 bits per heavy atom. The second kappa shape index (κ2) is 7.46. The summed E-state index contributed by atoms with van der Waals surface area (Å²) >= 11 is 0. The summed E-state index contributed by atoms with van der Waals surface area (Å²) in [6.45, 7) is -0.193. The van der Waals surface area contributed by atoms with E-state index in [0.717, 1.165) is 25.7 Å². The maximum Gasteiger partial charge on any atom is 0.503 e. The summed E-state index contributed by atoms with van der Waals surface area (Å²) in [5.41, 5.74) is 0.438. The van der Waals surface area contributed by atoms with Gasteiger partial charge < -0.3 is 13.3 Å². The van der Waals surface area contributed by atoms with Crippen molar-refractivity contribution in [3.63, 3.8) is 0 Å². The molecule has 0 aromatic carbocycles. The lowest BCUT2D eigenvalue weighted by molar-refractivity contribution is 0.0764. The Labute approximate surface area is 105 Å². The van der Waals surface area contributed by atoms with Crippen molar-refractivity contribution < 1.29 is 17.7 Å². The second-order valence-electron chi connectivity index (χ2n) is 4.70. The van der Waals surface area contributed by atoms with Crippen LogP contribution in [-0.4, -0.2) is 36.8 Å². The average molecular weight is 264 g/mol. The Kier molecular flexibility index (Phi) is 6.62. The molecule has 0 N–H and O–H groups in total. The Balaban J connectivity index is 2.38. The topological polar surface area (TPSA) is 27.7 Å². The lowest BCUT2D eigenvalue weighted by atomic mass is 9.81. The predicted molar refractivity (Wildman–Crippen MR) is 67.7 cm³/mol. The van der Waals surface area contributed by atoms with E-state index in [9.17, 15) is 4.39 Å². The molecule has 1 rings (SSSR count). The van der Waals surface area contributed by atoms with Crippen LogP contribution in [-0.2, 0) is 13.3 Å². The normalized spacial score (nSPS) is 24.7. The minimum absolute atomic E-state index is 0.193. The van der Waals surface area contributed by atoms with Crippen molar-refractivity contribution in [1.82, 2.24) is 0 Å². The molecule has 2 atom stereocenters. The standard InChI is InChI=1S/C12H25FO3Si/c1-14-17(15-2,16-3)12-9-8-11(12)7-5-4-6-10-13/h11-12H,4-10H2,1-3H3. The third kappa shape index (κ3) is 3.50. The molecule has 0 spiro atoms. The van der Waals surface area contributed by atoms with Crippen molar-refractivity contribution in [2.45, 2.75) is 44.1 Å². The van der Waals surface area contributed by atoms with Gasteiger partial charge in [-0.2, -0.15) is 0 Å². The molecule has 0 aromatic rings. The molecule has 0 saturated heterocycles. The monoisotopic (exact) mass is 264 g/mol. The zero-order chi connectivity index (χ0) is 12.7. The van der Waals surface area contributed by atoms with Crippen molar-refractivity contribution in [3.8, 4) is 0 Å². The Bertz CT molecular complexity index is 204. The SMILES string of the molecule is CO[Si](OC)(OC)C1CCC1CCCCCF. The van der Waals surface area contributed by atoms with Crippen LogP contribution >= 0.6 is 0 Å². The molecule has 0 aliphatic heterocycles. The minimum atomic E-state index is -2.44. The van der Waals surface area contributed by atoms with Crippen LogP contribution in [0.15, 0.2) is 0 Å². The summed E-state index contributed by atoms with van der Waals surface area (Å²) in [5, 5.41) is 0. The molecule has 17 heavy (non-hydrogen) atoms. The van der Waals surface area contributed by atoms with Gasteiger partial charge in [-0.25, -0.2) is 0 Å². The molecule has 3 nitrogen and oxygen atoms in total. The maximum absolute atomic E-state index is 12.0. The van der Waals surface area contributed by atoms with E-state index < -0.39 is 8.80 Å². The molecule has 0 heterocycles. The van der Waals surface area contributed by atoms with Crippen LogP contribution in [0.4, 0.5) is 4.39 Å². The Morgan fingerprint density at radius 3 is 2.06 bits per heavy atom. The molecule has 0 amide bonds. The van der Waals surface area contributed by atoms with Crippen LogP contribution in [0.5, 0.6) is 0 Å². The Hall–Kier alpha value is 0.0269. The molecule has 0 bridgehead atoms. The quantitative estimate of drug-likeness (QED) is 0.473. The number of hydrogen-bond donors (Lipinski definition) is 0. The maximum atomic E-state index is 12.0. The van der Waals surface area contributed by atoms with Gasteiger partial charge in [-0.1, -0.05) is 19.3 Å². The van der Waals surface area contributed by atoms with Crippen molar-refractivity contribution in [2.24, 2.45) is 5.92 Å². The molecule has 1 aliphatic carbocycles. The summed E-state index contributed by atoms with van der Waals surface area (Å²) in [6.07, 6.45) is 6.29. The van der Waals surface area contributed by atoms with Crippen molar-refractivity contribution in [2.75, 3.05) is 28.0 Å². The van der Waals surface area contributed by atoms with Crippen molar-refractivity contribution in [3.05, 3.63) is 0 Å². The fraction of sp³-hybridized carbons (Fsp3) is 1.00. The van der Waals surface area contributed by atoms with Gasteiger partial charge in [0.1, 0.15) is 0 Å². The van der Waals surface area contributed by atoms with Gasteiger partial charge in [-0.3, -0.25) is 4.39 Å². The number of alkyl halides is 1. The first kappa shape index (κ1) is 15.1. The van der Waals surface area contributed by atoms with Crippen LogP contribution < -0.4 is 0 Å². The number of hydrogen-bond acceptors (Lipinski definition) is 3. The first-order valence-electron chi connectivity index (χ1n) is 6.45. The molecule has 0 aromatic heterocycles. The third-order valence-electron chi connectivity index (χ3n) is 3.93. The lowest BCUT2D eigenvalue weighted by Gasteiger charge is -2.44. The Morgan fingerprint density at radius 2 is 1.65 bits per heavy atom. The molecule has 1 aliphatic rings. The molecular formula is C12H25FO3Si. The highest BCUT2D eigenvalue weighted by atomic mass is 28.4. The molecule has 5 heteroatoms. The molecule has 0 radical (unpaired) electrons. The van der Waals surface area contributed by atoms with E-state index in [-0.39, 0.29) is 6.67 Å². The third-order valence-corrected chi connectivity index (χ3v) is 7.31. The van der Waals surface area contributed by atoms with E-state index in [1.165, 1.54) is 6.42 Å². The zero-order valence-corrected chi connectivity index (χ0v) is 12.2. The number of unbranched alkanes of at least 4 members (excludes halogenated alkanes) is 2. The van der Waals surface area contributed by atoms with E-state index in [4.69, 9.17) is 13.3 Å². The molecule has 1 fully saturated rings. The summed E-state index contributed by atoms with van der Waals surface area (Å²) < 4.78 is 28.6. The summed E-state index contributed by atoms with van der Waals surface area (Å²) in [4.78, 5) is 0. The van der Waals surface area contributed by atoms with Gasteiger partial charge in [0.25, 0.3) is 0 Å². The molecule has 2 unspecified atom stereocenters. The van der Waals surface area contributed by atoms with Gasteiger partial charge in [0.2, 0.25) is 0 Å². The highest BCUT2D eigenvalue weighted by Crippen LogP contribution is 2.49. The van der Waals surface area contributed by atoms with Crippen molar-refractivity contribution in [1.29, 1.82) is 0 Å². The molecular weight excluding hydrogens is 239 g/mol. The number of halogens is 1. The van der Waals surface area contributed by atoms with E-state index >= 15 is 0 Å². The summed E-state index contributed by atoms with van der Waals surface area (Å²) in [5.74, 6) is 0.640. The van der Waals surface area contributed by atoms with Crippen molar-refractivity contribution >= 4 is 8.80 Å². The van der Waals surface area contributed by atoms with Crippen LogP contribution in [0.25, 0.3) is 0 Å². The summed E-state index contributed by atoms with van der Waals surface area (Å²) in [6, 6.07) is 0.